The van der Waals surface area contributed by atoms with Crippen molar-refractivity contribution in [3.05, 3.63) is 46.7 Å². The highest BCUT2D eigenvalue weighted by molar-refractivity contribution is 7.05. The topological polar surface area (TPSA) is 37.8 Å². The van der Waals surface area contributed by atoms with Gasteiger partial charge in [-0.1, -0.05) is 16.6 Å². The van der Waals surface area contributed by atoms with E-state index in [0.717, 1.165) is 10.4 Å². The smallest absolute Gasteiger partial charge is 0.123 e. The van der Waals surface area contributed by atoms with Gasteiger partial charge in [0.25, 0.3) is 0 Å². The molecule has 78 valence electrons. The zero-order chi connectivity index (χ0) is 10.7. The minimum atomic E-state index is -0.226. The molecule has 0 aliphatic heterocycles. The SMILES string of the molecule is CNC(c1ccc(F)cc1)c1cnns1. The molecule has 0 bridgehead atoms. The maximum atomic E-state index is 12.8. The zero-order valence-electron chi connectivity index (χ0n) is 8.14. The van der Waals surface area contributed by atoms with E-state index in [4.69, 9.17) is 0 Å². The summed E-state index contributed by atoms with van der Waals surface area (Å²) in [5, 5.41) is 6.94. The van der Waals surface area contributed by atoms with Gasteiger partial charge in [0.1, 0.15) is 5.82 Å². The second-order valence-corrected chi connectivity index (χ2v) is 3.91. The number of hydrogen-bond donors (Lipinski definition) is 1. The monoisotopic (exact) mass is 223 g/mol. The van der Waals surface area contributed by atoms with Crippen molar-refractivity contribution in [1.82, 2.24) is 14.9 Å². The zero-order valence-corrected chi connectivity index (χ0v) is 8.96. The van der Waals surface area contributed by atoms with Crippen molar-refractivity contribution in [3.63, 3.8) is 0 Å². The molecule has 0 aliphatic carbocycles. The Morgan fingerprint density at radius 3 is 2.60 bits per heavy atom. The van der Waals surface area contributed by atoms with E-state index in [1.165, 1.54) is 23.7 Å². The van der Waals surface area contributed by atoms with Gasteiger partial charge in [0, 0.05) is 0 Å². The summed E-state index contributed by atoms with van der Waals surface area (Å²) in [5.74, 6) is -0.226. The van der Waals surface area contributed by atoms with Crippen LogP contribution in [0, 0.1) is 5.82 Å². The Labute approximate surface area is 91.1 Å². The highest BCUT2D eigenvalue weighted by Crippen LogP contribution is 2.23. The first-order valence-electron chi connectivity index (χ1n) is 4.51. The van der Waals surface area contributed by atoms with Crippen molar-refractivity contribution >= 4 is 11.5 Å². The fraction of sp³-hybridized carbons (Fsp3) is 0.200. The number of nitrogens with zero attached hydrogens (tertiary/aromatic N) is 2. The summed E-state index contributed by atoms with van der Waals surface area (Å²) in [6.07, 6.45) is 1.72. The summed E-state index contributed by atoms with van der Waals surface area (Å²) in [6.45, 7) is 0. The molecule has 1 aromatic heterocycles. The third kappa shape index (κ3) is 2.19. The Morgan fingerprint density at radius 1 is 1.33 bits per heavy atom. The average Bonchev–Trinajstić information content (AvgIpc) is 2.75. The summed E-state index contributed by atoms with van der Waals surface area (Å²) in [4.78, 5) is 1.02. The summed E-state index contributed by atoms with van der Waals surface area (Å²) >= 11 is 1.34. The molecular formula is C10H10FN3S. The fourth-order valence-electron chi connectivity index (χ4n) is 1.43. The van der Waals surface area contributed by atoms with E-state index in [-0.39, 0.29) is 11.9 Å². The summed E-state index contributed by atoms with van der Waals surface area (Å²) in [5.41, 5.74) is 1.00. The number of halogens is 1. The molecule has 0 spiro atoms. The lowest BCUT2D eigenvalue weighted by molar-refractivity contribution is 0.624. The largest absolute Gasteiger partial charge is 0.309 e. The molecule has 15 heavy (non-hydrogen) atoms. The average molecular weight is 223 g/mol. The molecule has 0 amide bonds. The van der Waals surface area contributed by atoms with Crippen molar-refractivity contribution in [2.24, 2.45) is 0 Å². The van der Waals surface area contributed by atoms with Gasteiger partial charge in [0.15, 0.2) is 0 Å². The minimum absolute atomic E-state index is 0.0330. The number of nitrogens with one attached hydrogen (secondary N) is 1. The first kappa shape index (κ1) is 10.2. The lowest BCUT2D eigenvalue weighted by Crippen LogP contribution is -2.16. The normalized spacial score (nSPS) is 12.7. The number of hydrogen-bond acceptors (Lipinski definition) is 4. The van der Waals surface area contributed by atoms with Gasteiger partial charge in [-0.3, -0.25) is 0 Å². The summed E-state index contributed by atoms with van der Waals surface area (Å²) in [7, 11) is 1.85. The van der Waals surface area contributed by atoms with Gasteiger partial charge in [0.05, 0.1) is 17.1 Å². The van der Waals surface area contributed by atoms with Crippen molar-refractivity contribution in [1.29, 1.82) is 0 Å². The van der Waals surface area contributed by atoms with Crippen LogP contribution in [0.25, 0.3) is 0 Å². The summed E-state index contributed by atoms with van der Waals surface area (Å²) in [6, 6.07) is 6.46. The molecule has 0 saturated heterocycles. The van der Waals surface area contributed by atoms with Crippen LogP contribution in [0.4, 0.5) is 4.39 Å². The van der Waals surface area contributed by atoms with Gasteiger partial charge in [-0.2, -0.15) is 0 Å². The van der Waals surface area contributed by atoms with Gasteiger partial charge >= 0.3 is 0 Å². The molecule has 0 saturated carbocycles. The van der Waals surface area contributed by atoms with Crippen LogP contribution in [0.2, 0.25) is 0 Å². The van der Waals surface area contributed by atoms with Crippen LogP contribution < -0.4 is 5.32 Å². The molecule has 1 N–H and O–H groups in total. The molecule has 1 atom stereocenters. The van der Waals surface area contributed by atoms with Gasteiger partial charge in [-0.05, 0) is 36.3 Å². The van der Waals surface area contributed by atoms with E-state index in [2.05, 4.69) is 14.9 Å². The van der Waals surface area contributed by atoms with Gasteiger partial charge < -0.3 is 5.32 Å². The van der Waals surface area contributed by atoms with Crippen LogP contribution in [0.5, 0.6) is 0 Å². The van der Waals surface area contributed by atoms with E-state index in [0.29, 0.717) is 0 Å². The van der Waals surface area contributed by atoms with E-state index < -0.39 is 0 Å². The summed E-state index contributed by atoms with van der Waals surface area (Å²) < 4.78 is 16.6. The van der Waals surface area contributed by atoms with E-state index in [1.807, 2.05) is 7.05 Å². The van der Waals surface area contributed by atoms with E-state index in [9.17, 15) is 4.39 Å². The Bertz CT molecular complexity index is 413. The van der Waals surface area contributed by atoms with Gasteiger partial charge in [-0.25, -0.2) is 4.39 Å². The highest BCUT2D eigenvalue weighted by Gasteiger charge is 2.13. The predicted molar refractivity (Wildman–Crippen MR) is 57.2 cm³/mol. The molecule has 5 heteroatoms. The molecule has 0 fully saturated rings. The standard InChI is InChI=1S/C10H10FN3S/c1-12-10(9-6-13-14-15-9)7-2-4-8(11)5-3-7/h2-6,10,12H,1H3. The Kier molecular flexibility index (Phi) is 3.03. The second-order valence-electron chi connectivity index (χ2n) is 3.09. The lowest BCUT2D eigenvalue weighted by Gasteiger charge is -2.13. The minimum Gasteiger partial charge on any atom is -0.309 e. The van der Waals surface area contributed by atoms with E-state index >= 15 is 0 Å². The van der Waals surface area contributed by atoms with Crippen LogP contribution in [-0.4, -0.2) is 16.6 Å². The van der Waals surface area contributed by atoms with E-state index in [1.54, 1.807) is 18.3 Å². The van der Waals surface area contributed by atoms with Gasteiger partial charge in [-0.15, -0.1) is 5.10 Å². The number of aromatic nitrogens is 2. The molecule has 1 unspecified atom stereocenters. The fourth-order valence-corrected chi connectivity index (χ4v) is 2.07. The molecule has 1 heterocycles. The first-order chi connectivity index (χ1) is 7.31. The van der Waals surface area contributed by atoms with Crippen LogP contribution in [0.3, 0.4) is 0 Å². The first-order valence-corrected chi connectivity index (χ1v) is 5.28. The Morgan fingerprint density at radius 2 is 2.07 bits per heavy atom. The molecule has 1 aromatic carbocycles. The van der Waals surface area contributed by atoms with Crippen LogP contribution >= 0.6 is 11.5 Å². The molecule has 0 radical (unpaired) electrons. The molecular weight excluding hydrogens is 213 g/mol. The molecule has 2 aromatic rings. The van der Waals surface area contributed by atoms with Crippen LogP contribution in [-0.2, 0) is 0 Å². The third-order valence-electron chi connectivity index (χ3n) is 2.15. The van der Waals surface area contributed by atoms with Crippen LogP contribution in [0.15, 0.2) is 30.5 Å². The second kappa shape index (κ2) is 4.46. The highest BCUT2D eigenvalue weighted by atomic mass is 32.1. The quantitative estimate of drug-likeness (QED) is 0.864. The van der Waals surface area contributed by atoms with Crippen molar-refractivity contribution in [2.75, 3.05) is 7.05 Å². The van der Waals surface area contributed by atoms with Crippen LogP contribution in [0.1, 0.15) is 16.5 Å². The Balaban J connectivity index is 2.31. The Hall–Kier alpha value is -1.33. The number of benzene rings is 1. The number of rotatable bonds is 3. The molecule has 0 aliphatic rings. The van der Waals surface area contributed by atoms with Crippen molar-refractivity contribution in [2.45, 2.75) is 6.04 Å². The third-order valence-corrected chi connectivity index (χ3v) is 2.88. The predicted octanol–water partition coefficient (Wildman–Crippen LogP) is 1.99. The van der Waals surface area contributed by atoms with Gasteiger partial charge in [0.2, 0.25) is 0 Å². The lowest BCUT2D eigenvalue weighted by atomic mass is 10.1. The van der Waals surface area contributed by atoms with Crippen molar-refractivity contribution < 1.29 is 4.39 Å². The maximum absolute atomic E-state index is 12.8. The molecule has 3 nitrogen and oxygen atoms in total. The van der Waals surface area contributed by atoms with Crippen molar-refractivity contribution in [3.8, 4) is 0 Å². The maximum Gasteiger partial charge on any atom is 0.123 e. The molecule has 2 rings (SSSR count).